The first kappa shape index (κ1) is 9.65. The van der Waals surface area contributed by atoms with Crippen LogP contribution in [0.15, 0.2) is 36.7 Å². The number of benzene rings is 1. The van der Waals surface area contributed by atoms with Crippen LogP contribution in [0, 0.1) is 6.92 Å². The number of anilines is 1. The first-order valence-corrected chi connectivity index (χ1v) is 4.86. The Labute approximate surface area is 89.0 Å². The molecule has 1 aromatic carbocycles. The van der Waals surface area contributed by atoms with Gasteiger partial charge in [0.25, 0.3) is 0 Å². The van der Waals surface area contributed by atoms with Crippen molar-refractivity contribution < 1.29 is 0 Å². The molecule has 0 fully saturated rings. The number of aromatic nitrogens is 2. The molecule has 0 unspecified atom stereocenters. The maximum absolute atomic E-state index is 5.60. The van der Waals surface area contributed by atoms with Crippen LogP contribution in [0.25, 0.3) is 0 Å². The van der Waals surface area contributed by atoms with Crippen LogP contribution in [0.3, 0.4) is 0 Å². The third-order valence-electron chi connectivity index (χ3n) is 2.38. The first-order valence-electron chi connectivity index (χ1n) is 4.86. The summed E-state index contributed by atoms with van der Waals surface area (Å²) in [6, 6.07) is 10.1. The average molecular weight is 199 g/mol. The summed E-state index contributed by atoms with van der Waals surface area (Å²) in [5, 5.41) is 0. The molecule has 1 heterocycles. The van der Waals surface area contributed by atoms with Crippen molar-refractivity contribution in [1.82, 2.24) is 9.97 Å². The summed E-state index contributed by atoms with van der Waals surface area (Å²) in [6.45, 7) is 2.10. The summed E-state index contributed by atoms with van der Waals surface area (Å²) in [7, 11) is 0. The number of nitrogen functional groups attached to an aromatic ring is 1. The highest BCUT2D eigenvalue weighted by Crippen LogP contribution is 2.12. The lowest BCUT2D eigenvalue weighted by atomic mass is 10.0. The van der Waals surface area contributed by atoms with Gasteiger partial charge in [0.2, 0.25) is 0 Å². The molecule has 0 aliphatic carbocycles. The minimum atomic E-state index is 0.522. The highest BCUT2D eigenvalue weighted by Gasteiger charge is 2.00. The molecule has 0 saturated heterocycles. The van der Waals surface area contributed by atoms with Gasteiger partial charge < -0.3 is 5.73 Å². The van der Waals surface area contributed by atoms with Crippen LogP contribution in [0.4, 0.5) is 5.82 Å². The van der Waals surface area contributed by atoms with E-state index in [1.54, 1.807) is 0 Å². The Morgan fingerprint density at radius 3 is 2.73 bits per heavy atom. The molecule has 2 rings (SSSR count). The average Bonchev–Trinajstić information content (AvgIpc) is 2.22. The molecular weight excluding hydrogens is 186 g/mol. The van der Waals surface area contributed by atoms with Gasteiger partial charge in [0, 0.05) is 12.5 Å². The number of aryl methyl sites for hydroxylation is 1. The molecule has 1 aromatic heterocycles. The van der Waals surface area contributed by atoms with E-state index in [0.29, 0.717) is 5.82 Å². The Kier molecular flexibility index (Phi) is 2.63. The third kappa shape index (κ3) is 2.31. The molecule has 0 atom stereocenters. The molecule has 0 bridgehead atoms. The van der Waals surface area contributed by atoms with E-state index in [4.69, 9.17) is 5.73 Å². The topological polar surface area (TPSA) is 51.8 Å². The Bertz CT molecular complexity index is 466. The van der Waals surface area contributed by atoms with Crippen LogP contribution in [0.1, 0.15) is 16.8 Å². The summed E-state index contributed by atoms with van der Waals surface area (Å²) in [5.41, 5.74) is 9.10. The zero-order valence-corrected chi connectivity index (χ0v) is 8.64. The van der Waals surface area contributed by atoms with Crippen LogP contribution < -0.4 is 5.73 Å². The molecule has 0 amide bonds. The van der Waals surface area contributed by atoms with E-state index < -0.39 is 0 Å². The van der Waals surface area contributed by atoms with E-state index in [1.165, 1.54) is 17.5 Å². The first-order chi connectivity index (χ1) is 7.25. The van der Waals surface area contributed by atoms with Gasteiger partial charge in [-0.3, -0.25) is 0 Å². The Balaban J connectivity index is 2.26. The van der Waals surface area contributed by atoms with Gasteiger partial charge in [-0.25, -0.2) is 9.97 Å². The van der Waals surface area contributed by atoms with E-state index >= 15 is 0 Å². The molecule has 15 heavy (non-hydrogen) atoms. The van der Waals surface area contributed by atoms with Crippen LogP contribution in [0.5, 0.6) is 0 Å². The summed E-state index contributed by atoms with van der Waals surface area (Å²) in [4.78, 5) is 8.06. The lowest BCUT2D eigenvalue weighted by Gasteiger charge is -2.04. The van der Waals surface area contributed by atoms with E-state index in [-0.39, 0.29) is 0 Å². The molecule has 0 radical (unpaired) electrons. The van der Waals surface area contributed by atoms with Crippen LogP contribution in [0.2, 0.25) is 0 Å². The quantitative estimate of drug-likeness (QED) is 0.804. The maximum Gasteiger partial charge on any atom is 0.127 e. The van der Waals surface area contributed by atoms with Crippen molar-refractivity contribution in [2.75, 3.05) is 5.73 Å². The van der Waals surface area contributed by atoms with Gasteiger partial charge in [-0.1, -0.05) is 24.3 Å². The second-order valence-corrected chi connectivity index (χ2v) is 3.54. The smallest absolute Gasteiger partial charge is 0.127 e. The fraction of sp³-hybridized carbons (Fsp3) is 0.167. The molecule has 76 valence electrons. The molecule has 0 aliphatic rings. The number of nitrogens with two attached hydrogens (primary N) is 1. The standard InChI is InChI=1S/C12H13N3/c1-9-4-2-3-5-10(9)6-11-7-12(13)15-8-14-11/h2-5,7-8H,6H2,1H3,(H2,13,14,15). The van der Waals surface area contributed by atoms with Gasteiger partial charge >= 0.3 is 0 Å². The predicted molar refractivity (Wildman–Crippen MR) is 60.4 cm³/mol. The molecule has 0 aliphatic heterocycles. The lowest BCUT2D eigenvalue weighted by molar-refractivity contribution is 1.02. The lowest BCUT2D eigenvalue weighted by Crippen LogP contribution is -1.98. The second-order valence-electron chi connectivity index (χ2n) is 3.54. The summed E-state index contributed by atoms with van der Waals surface area (Å²) in [6.07, 6.45) is 2.31. The number of hydrogen-bond acceptors (Lipinski definition) is 3. The van der Waals surface area contributed by atoms with E-state index in [0.717, 1.165) is 12.1 Å². The Morgan fingerprint density at radius 2 is 2.00 bits per heavy atom. The van der Waals surface area contributed by atoms with Crippen molar-refractivity contribution in [3.63, 3.8) is 0 Å². The Morgan fingerprint density at radius 1 is 1.20 bits per heavy atom. The van der Waals surface area contributed by atoms with Crippen LogP contribution in [-0.2, 0) is 6.42 Å². The fourth-order valence-corrected chi connectivity index (χ4v) is 1.52. The minimum Gasteiger partial charge on any atom is -0.384 e. The van der Waals surface area contributed by atoms with Gasteiger partial charge in [0.05, 0.1) is 5.69 Å². The monoisotopic (exact) mass is 199 g/mol. The summed E-state index contributed by atoms with van der Waals surface area (Å²) < 4.78 is 0. The zero-order chi connectivity index (χ0) is 10.7. The maximum atomic E-state index is 5.60. The van der Waals surface area contributed by atoms with Gasteiger partial charge in [0.1, 0.15) is 12.1 Å². The molecule has 2 N–H and O–H groups in total. The predicted octanol–water partition coefficient (Wildman–Crippen LogP) is 1.96. The van der Waals surface area contributed by atoms with Gasteiger partial charge in [-0.15, -0.1) is 0 Å². The minimum absolute atomic E-state index is 0.522. The molecular formula is C12H13N3. The fourth-order valence-electron chi connectivity index (χ4n) is 1.52. The summed E-state index contributed by atoms with van der Waals surface area (Å²) >= 11 is 0. The highest BCUT2D eigenvalue weighted by atomic mass is 14.9. The van der Waals surface area contributed by atoms with Crippen molar-refractivity contribution in [2.45, 2.75) is 13.3 Å². The number of nitrogens with zero attached hydrogens (tertiary/aromatic N) is 2. The largest absolute Gasteiger partial charge is 0.384 e. The highest BCUT2D eigenvalue weighted by molar-refractivity contribution is 5.33. The molecule has 3 heteroatoms. The van der Waals surface area contributed by atoms with Crippen molar-refractivity contribution in [1.29, 1.82) is 0 Å². The van der Waals surface area contributed by atoms with Crippen molar-refractivity contribution in [2.24, 2.45) is 0 Å². The van der Waals surface area contributed by atoms with E-state index in [1.807, 2.05) is 18.2 Å². The summed E-state index contributed by atoms with van der Waals surface area (Å²) in [5.74, 6) is 0.522. The van der Waals surface area contributed by atoms with Crippen LogP contribution in [-0.4, -0.2) is 9.97 Å². The molecule has 3 nitrogen and oxygen atoms in total. The normalized spacial score (nSPS) is 10.2. The van der Waals surface area contributed by atoms with Gasteiger partial charge in [-0.2, -0.15) is 0 Å². The number of rotatable bonds is 2. The van der Waals surface area contributed by atoms with Crippen molar-refractivity contribution in [3.8, 4) is 0 Å². The van der Waals surface area contributed by atoms with Crippen LogP contribution >= 0.6 is 0 Å². The third-order valence-corrected chi connectivity index (χ3v) is 2.38. The van der Waals surface area contributed by atoms with Crippen molar-refractivity contribution in [3.05, 3.63) is 53.5 Å². The van der Waals surface area contributed by atoms with E-state index in [2.05, 4.69) is 29.0 Å². The molecule has 2 aromatic rings. The van der Waals surface area contributed by atoms with E-state index in [9.17, 15) is 0 Å². The Hall–Kier alpha value is -1.90. The molecule has 0 spiro atoms. The van der Waals surface area contributed by atoms with Gasteiger partial charge in [0.15, 0.2) is 0 Å². The second kappa shape index (κ2) is 4.09. The zero-order valence-electron chi connectivity index (χ0n) is 8.64. The SMILES string of the molecule is Cc1ccccc1Cc1cc(N)ncn1. The van der Waals surface area contributed by atoms with Crippen molar-refractivity contribution >= 4 is 5.82 Å². The van der Waals surface area contributed by atoms with Gasteiger partial charge in [-0.05, 0) is 18.1 Å². The number of hydrogen-bond donors (Lipinski definition) is 1. The molecule has 0 saturated carbocycles.